The van der Waals surface area contributed by atoms with Crippen molar-refractivity contribution in [2.45, 2.75) is 6.42 Å². The summed E-state index contributed by atoms with van der Waals surface area (Å²) in [6.07, 6.45) is 0.442. The Kier molecular flexibility index (Phi) is 10.0. The topological polar surface area (TPSA) is 58.8 Å². The third-order valence-electron chi connectivity index (χ3n) is 4.48. The van der Waals surface area contributed by atoms with Gasteiger partial charge >= 0.3 is 0 Å². The van der Waals surface area contributed by atoms with Gasteiger partial charge in [-0.25, -0.2) is 0 Å². The maximum Gasteiger partial charge on any atom is 0.227 e. The molecule has 2 aromatic carbocycles. The summed E-state index contributed by atoms with van der Waals surface area (Å²) in [4.78, 5) is 16.7. The minimum absolute atomic E-state index is 0. The fraction of sp³-hybridized carbons (Fsp3) is 0.350. The normalized spacial score (nSPS) is 14.0. The highest BCUT2D eigenvalue weighted by atomic mass is 35.5. The van der Waals surface area contributed by atoms with Gasteiger partial charge in [-0.3, -0.25) is 9.69 Å². The zero-order valence-corrected chi connectivity index (χ0v) is 16.9. The molecule has 0 unspecified atom stereocenters. The van der Waals surface area contributed by atoms with Crippen LogP contribution in [0.15, 0.2) is 54.6 Å². The van der Waals surface area contributed by atoms with Gasteiger partial charge in [-0.05, 0) is 29.8 Å². The van der Waals surface area contributed by atoms with Crippen molar-refractivity contribution in [1.82, 2.24) is 9.80 Å². The molecule has 148 valence electrons. The lowest BCUT2D eigenvalue weighted by atomic mass is 10.1. The number of ether oxygens (including phenoxy) is 1. The van der Waals surface area contributed by atoms with E-state index in [2.05, 4.69) is 4.90 Å². The number of halogens is 2. The van der Waals surface area contributed by atoms with Gasteiger partial charge < -0.3 is 15.4 Å². The molecule has 27 heavy (non-hydrogen) atoms. The van der Waals surface area contributed by atoms with Crippen molar-refractivity contribution >= 4 is 36.4 Å². The first-order valence-electron chi connectivity index (χ1n) is 8.73. The van der Waals surface area contributed by atoms with Gasteiger partial charge in [-0.15, -0.1) is 24.8 Å². The number of hydrogen-bond donors (Lipinski definition) is 1. The molecule has 1 aliphatic rings. The third-order valence-corrected chi connectivity index (χ3v) is 4.48. The molecule has 0 radical (unpaired) electrons. The van der Waals surface area contributed by atoms with E-state index >= 15 is 0 Å². The number of amides is 1. The molecular weight excluding hydrogens is 385 g/mol. The molecular formula is C20H27Cl2N3O2. The number of nitrogens with two attached hydrogens (primary N) is 1. The first-order valence-corrected chi connectivity index (χ1v) is 8.73. The predicted molar refractivity (Wildman–Crippen MR) is 114 cm³/mol. The molecule has 0 saturated carbocycles. The van der Waals surface area contributed by atoms with Gasteiger partial charge in [0.2, 0.25) is 5.91 Å². The standard InChI is InChI=1S/C20H25N3O2.2ClH/c21-18-8-6-17(7-9-18)16-20(24)23-12-10-22(11-13-23)14-15-25-19-4-2-1-3-5-19;;/h1-9H,10-16,21H2;2*1H. The van der Waals surface area contributed by atoms with Crippen molar-refractivity contribution < 1.29 is 9.53 Å². The molecule has 0 atom stereocenters. The molecule has 2 aromatic rings. The van der Waals surface area contributed by atoms with Crippen LogP contribution >= 0.6 is 24.8 Å². The second-order valence-corrected chi connectivity index (χ2v) is 6.30. The van der Waals surface area contributed by atoms with E-state index in [-0.39, 0.29) is 30.7 Å². The average molecular weight is 412 g/mol. The third kappa shape index (κ3) is 7.29. The van der Waals surface area contributed by atoms with Gasteiger partial charge in [0, 0.05) is 38.4 Å². The summed E-state index contributed by atoms with van der Waals surface area (Å²) in [7, 11) is 0. The number of hydrogen-bond acceptors (Lipinski definition) is 4. The van der Waals surface area contributed by atoms with Gasteiger partial charge in [-0.1, -0.05) is 30.3 Å². The molecule has 2 N–H and O–H groups in total. The van der Waals surface area contributed by atoms with Crippen LogP contribution < -0.4 is 10.5 Å². The Morgan fingerprint density at radius 2 is 1.56 bits per heavy atom. The lowest BCUT2D eigenvalue weighted by Gasteiger charge is -2.34. The van der Waals surface area contributed by atoms with E-state index in [1.54, 1.807) is 0 Å². The number of carbonyl (C=O) groups excluding carboxylic acids is 1. The number of benzene rings is 2. The summed E-state index contributed by atoms with van der Waals surface area (Å²) < 4.78 is 5.74. The zero-order chi connectivity index (χ0) is 17.5. The quantitative estimate of drug-likeness (QED) is 0.742. The Bertz CT molecular complexity index is 675. The largest absolute Gasteiger partial charge is 0.492 e. The average Bonchev–Trinajstić information content (AvgIpc) is 2.65. The van der Waals surface area contributed by atoms with Crippen LogP contribution in [0.2, 0.25) is 0 Å². The first-order chi connectivity index (χ1) is 12.2. The number of nitrogen functional groups attached to an aromatic ring is 1. The monoisotopic (exact) mass is 411 g/mol. The van der Waals surface area contributed by atoms with Crippen LogP contribution in [0.1, 0.15) is 5.56 Å². The number of nitrogens with zero attached hydrogens (tertiary/aromatic N) is 2. The molecule has 3 rings (SSSR count). The van der Waals surface area contributed by atoms with Crippen molar-refractivity contribution in [3.8, 4) is 5.75 Å². The molecule has 0 bridgehead atoms. The SMILES string of the molecule is Cl.Cl.Nc1ccc(CC(=O)N2CCN(CCOc3ccccc3)CC2)cc1. The maximum absolute atomic E-state index is 12.4. The summed E-state index contributed by atoms with van der Waals surface area (Å²) in [6.45, 7) is 4.90. The van der Waals surface area contributed by atoms with Gasteiger partial charge in [-0.2, -0.15) is 0 Å². The van der Waals surface area contributed by atoms with Crippen LogP contribution in [0.4, 0.5) is 5.69 Å². The molecule has 0 spiro atoms. The summed E-state index contributed by atoms with van der Waals surface area (Å²) in [5, 5.41) is 0. The van der Waals surface area contributed by atoms with E-state index in [0.717, 1.165) is 49.7 Å². The summed E-state index contributed by atoms with van der Waals surface area (Å²) >= 11 is 0. The smallest absolute Gasteiger partial charge is 0.227 e. The molecule has 0 aliphatic carbocycles. The minimum atomic E-state index is 0. The number of piperazine rings is 1. The highest BCUT2D eigenvalue weighted by molar-refractivity contribution is 5.85. The molecule has 1 fully saturated rings. The Morgan fingerprint density at radius 3 is 2.19 bits per heavy atom. The highest BCUT2D eigenvalue weighted by Gasteiger charge is 2.20. The van der Waals surface area contributed by atoms with Crippen molar-refractivity contribution in [3.05, 3.63) is 60.2 Å². The van der Waals surface area contributed by atoms with E-state index < -0.39 is 0 Å². The van der Waals surface area contributed by atoms with Crippen LogP contribution in [0.5, 0.6) is 5.75 Å². The van der Waals surface area contributed by atoms with E-state index in [0.29, 0.717) is 13.0 Å². The molecule has 1 aliphatic heterocycles. The van der Waals surface area contributed by atoms with E-state index in [4.69, 9.17) is 10.5 Å². The Labute approximate surface area is 173 Å². The van der Waals surface area contributed by atoms with Gasteiger partial charge in [0.05, 0.1) is 6.42 Å². The van der Waals surface area contributed by atoms with Gasteiger partial charge in [0.1, 0.15) is 12.4 Å². The van der Waals surface area contributed by atoms with Crippen LogP contribution in [-0.4, -0.2) is 55.0 Å². The number of carbonyl (C=O) groups is 1. The summed E-state index contributed by atoms with van der Waals surface area (Å²) in [6, 6.07) is 17.4. The Morgan fingerprint density at radius 1 is 0.926 bits per heavy atom. The number of para-hydroxylation sites is 1. The lowest BCUT2D eigenvalue weighted by Crippen LogP contribution is -2.49. The van der Waals surface area contributed by atoms with Crippen molar-refractivity contribution in [3.63, 3.8) is 0 Å². The molecule has 1 saturated heterocycles. The lowest BCUT2D eigenvalue weighted by molar-refractivity contribution is -0.132. The van der Waals surface area contributed by atoms with Crippen LogP contribution in [-0.2, 0) is 11.2 Å². The summed E-state index contributed by atoms with van der Waals surface area (Å²) in [5.74, 6) is 1.09. The second-order valence-electron chi connectivity index (χ2n) is 6.30. The fourth-order valence-electron chi connectivity index (χ4n) is 2.95. The van der Waals surface area contributed by atoms with Gasteiger partial charge in [0.25, 0.3) is 0 Å². The number of rotatable bonds is 6. The Balaban J connectivity index is 0.00000182. The molecule has 1 amide bonds. The van der Waals surface area contributed by atoms with E-state index in [1.165, 1.54) is 0 Å². The first kappa shape index (κ1) is 23.1. The molecule has 7 heteroatoms. The second kappa shape index (κ2) is 11.7. The van der Waals surface area contributed by atoms with E-state index in [9.17, 15) is 4.79 Å². The fourth-order valence-corrected chi connectivity index (χ4v) is 2.95. The minimum Gasteiger partial charge on any atom is -0.492 e. The predicted octanol–water partition coefficient (Wildman–Crippen LogP) is 2.88. The van der Waals surface area contributed by atoms with Crippen LogP contribution in [0, 0.1) is 0 Å². The van der Waals surface area contributed by atoms with Crippen molar-refractivity contribution in [2.24, 2.45) is 0 Å². The van der Waals surface area contributed by atoms with Crippen LogP contribution in [0.3, 0.4) is 0 Å². The van der Waals surface area contributed by atoms with Crippen molar-refractivity contribution in [2.75, 3.05) is 45.1 Å². The molecule has 1 heterocycles. The van der Waals surface area contributed by atoms with E-state index in [1.807, 2.05) is 59.5 Å². The van der Waals surface area contributed by atoms with Crippen LogP contribution in [0.25, 0.3) is 0 Å². The highest BCUT2D eigenvalue weighted by Crippen LogP contribution is 2.11. The van der Waals surface area contributed by atoms with Crippen molar-refractivity contribution in [1.29, 1.82) is 0 Å². The molecule has 0 aromatic heterocycles. The maximum atomic E-state index is 12.4. The Hall–Kier alpha value is -1.95. The summed E-state index contributed by atoms with van der Waals surface area (Å²) in [5.41, 5.74) is 7.42. The zero-order valence-electron chi connectivity index (χ0n) is 15.3. The molecule has 5 nitrogen and oxygen atoms in total. The number of anilines is 1. The van der Waals surface area contributed by atoms with Gasteiger partial charge in [0.15, 0.2) is 0 Å².